The quantitative estimate of drug-likeness (QED) is 0.487. The molecule has 1 aromatic carbocycles. The zero-order valence-electron chi connectivity index (χ0n) is 8.64. The van der Waals surface area contributed by atoms with Crippen LogP contribution in [0.4, 0.5) is 0 Å². The highest BCUT2D eigenvalue weighted by Gasteiger charge is 1.93. The van der Waals surface area contributed by atoms with E-state index in [9.17, 15) is 0 Å². The standard InChI is InChI=1S/C13H18Cl/c1-12-7-9-13(10-8-12)6-4-2-3-5-11-14/h7-10H,1-6,11H2. The lowest BCUT2D eigenvalue weighted by Gasteiger charge is -2.01. The van der Waals surface area contributed by atoms with Crippen molar-refractivity contribution in [1.29, 1.82) is 0 Å². The number of rotatable bonds is 6. The van der Waals surface area contributed by atoms with E-state index in [1.54, 1.807) is 0 Å². The summed E-state index contributed by atoms with van der Waals surface area (Å²) in [7, 11) is 0. The molecule has 0 nitrogen and oxygen atoms in total. The predicted octanol–water partition coefficient (Wildman–Crippen LogP) is 4.21. The highest BCUT2D eigenvalue weighted by Crippen LogP contribution is 2.09. The van der Waals surface area contributed by atoms with Crippen LogP contribution in [0.25, 0.3) is 0 Å². The summed E-state index contributed by atoms with van der Waals surface area (Å²) in [4.78, 5) is 0. The van der Waals surface area contributed by atoms with E-state index in [0.29, 0.717) is 0 Å². The second-order valence-corrected chi connectivity index (χ2v) is 4.05. The Kier molecular flexibility index (Phi) is 5.70. The first-order valence-electron chi connectivity index (χ1n) is 5.30. The number of benzene rings is 1. The maximum atomic E-state index is 5.61. The van der Waals surface area contributed by atoms with Crippen LogP contribution in [0.2, 0.25) is 0 Å². The van der Waals surface area contributed by atoms with Gasteiger partial charge < -0.3 is 0 Å². The van der Waals surface area contributed by atoms with Gasteiger partial charge in [0, 0.05) is 5.88 Å². The molecule has 0 atom stereocenters. The Bertz CT molecular complexity index is 238. The van der Waals surface area contributed by atoms with E-state index >= 15 is 0 Å². The van der Waals surface area contributed by atoms with E-state index in [-0.39, 0.29) is 0 Å². The van der Waals surface area contributed by atoms with Crippen LogP contribution in [-0.2, 0) is 6.42 Å². The molecule has 1 radical (unpaired) electrons. The highest BCUT2D eigenvalue weighted by atomic mass is 35.5. The van der Waals surface area contributed by atoms with Gasteiger partial charge in [0.15, 0.2) is 0 Å². The first kappa shape index (κ1) is 11.6. The van der Waals surface area contributed by atoms with Gasteiger partial charge in [-0.1, -0.05) is 37.1 Å². The van der Waals surface area contributed by atoms with Gasteiger partial charge in [-0.05, 0) is 37.3 Å². The molecule has 0 saturated heterocycles. The van der Waals surface area contributed by atoms with Crippen molar-refractivity contribution < 1.29 is 0 Å². The molecule has 0 unspecified atom stereocenters. The molecule has 0 N–H and O–H groups in total. The molecular formula is C13H18Cl. The van der Waals surface area contributed by atoms with Crippen molar-refractivity contribution in [2.75, 3.05) is 5.88 Å². The lowest BCUT2D eigenvalue weighted by atomic mass is 10.1. The van der Waals surface area contributed by atoms with Crippen molar-refractivity contribution in [3.05, 3.63) is 42.3 Å². The SMILES string of the molecule is [CH2]c1ccc(CCCCCCCl)cc1. The molecular weight excluding hydrogens is 192 g/mol. The minimum atomic E-state index is 0.802. The Labute approximate surface area is 92.3 Å². The van der Waals surface area contributed by atoms with E-state index in [4.69, 9.17) is 11.6 Å². The molecule has 14 heavy (non-hydrogen) atoms. The third-order valence-electron chi connectivity index (χ3n) is 2.37. The molecule has 0 bridgehead atoms. The molecule has 0 amide bonds. The molecule has 77 valence electrons. The number of alkyl halides is 1. The lowest BCUT2D eigenvalue weighted by Crippen LogP contribution is -1.86. The maximum absolute atomic E-state index is 5.61. The van der Waals surface area contributed by atoms with Crippen molar-refractivity contribution in [2.45, 2.75) is 32.1 Å². The minimum Gasteiger partial charge on any atom is -0.127 e. The number of hydrogen-bond donors (Lipinski definition) is 0. The summed E-state index contributed by atoms with van der Waals surface area (Å²) in [6.07, 6.45) is 6.16. The molecule has 1 heteroatoms. The maximum Gasteiger partial charge on any atom is 0.0223 e. The average molecular weight is 210 g/mol. The van der Waals surface area contributed by atoms with Crippen LogP contribution in [0.5, 0.6) is 0 Å². The Hall–Kier alpha value is -0.490. The molecule has 0 aliphatic heterocycles. The third-order valence-corrected chi connectivity index (χ3v) is 2.64. The van der Waals surface area contributed by atoms with Crippen molar-refractivity contribution >= 4 is 11.6 Å². The number of hydrogen-bond acceptors (Lipinski definition) is 0. The summed E-state index contributed by atoms with van der Waals surface area (Å²) in [6.45, 7) is 3.87. The molecule has 0 fully saturated rings. The number of halogens is 1. The van der Waals surface area contributed by atoms with Gasteiger partial charge in [0.05, 0.1) is 0 Å². The Balaban J connectivity index is 2.15. The van der Waals surface area contributed by atoms with Crippen molar-refractivity contribution in [3.8, 4) is 0 Å². The van der Waals surface area contributed by atoms with Crippen molar-refractivity contribution in [3.63, 3.8) is 0 Å². The topological polar surface area (TPSA) is 0 Å². The van der Waals surface area contributed by atoms with E-state index in [0.717, 1.165) is 17.9 Å². The fraction of sp³-hybridized carbons (Fsp3) is 0.462. The van der Waals surface area contributed by atoms with Gasteiger partial charge in [-0.2, -0.15) is 0 Å². The Morgan fingerprint density at radius 3 is 2.21 bits per heavy atom. The minimum absolute atomic E-state index is 0.802. The van der Waals surface area contributed by atoms with Crippen molar-refractivity contribution in [1.82, 2.24) is 0 Å². The molecule has 0 heterocycles. The molecule has 0 spiro atoms. The first-order valence-corrected chi connectivity index (χ1v) is 5.83. The zero-order valence-corrected chi connectivity index (χ0v) is 9.39. The first-order chi connectivity index (χ1) is 6.83. The number of aryl methyl sites for hydroxylation is 1. The normalized spacial score (nSPS) is 10.4. The summed E-state index contributed by atoms with van der Waals surface area (Å²) in [5, 5.41) is 0. The largest absolute Gasteiger partial charge is 0.127 e. The summed E-state index contributed by atoms with van der Waals surface area (Å²) in [6, 6.07) is 8.50. The smallest absolute Gasteiger partial charge is 0.0223 e. The molecule has 0 aromatic heterocycles. The zero-order chi connectivity index (χ0) is 10.2. The average Bonchev–Trinajstić information content (AvgIpc) is 2.21. The number of unbranched alkanes of at least 4 members (excludes halogenated alkanes) is 3. The molecule has 0 aliphatic rings. The Morgan fingerprint density at radius 1 is 0.929 bits per heavy atom. The summed E-state index contributed by atoms with van der Waals surface area (Å²) in [5.41, 5.74) is 2.51. The fourth-order valence-corrected chi connectivity index (χ4v) is 1.67. The summed E-state index contributed by atoms with van der Waals surface area (Å²) < 4.78 is 0. The van der Waals surface area contributed by atoms with Gasteiger partial charge >= 0.3 is 0 Å². The second kappa shape index (κ2) is 6.89. The van der Waals surface area contributed by atoms with Gasteiger partial charge in [0.2, 0.25) is 0 Å². The van der Waals surface area contributed by atoms with Gasteiger partial charge in [-0.15, -0.1) is 11.6 Å². The van der Waals surface area contributed by atoms with Crippen LogP contribution in [0, 0.1) is 6.92 Å². The van der Waals surface area contributed by atoms with Gasteiger partial charge in [-0.25, -0.2) is 0 Å². The fourth-order valence-electron chi connectivity index (χ4n) is 1.48. The van der Waals surface area contributed by atoms with Gasteiger partial charge in [0.1, 0.15) is 0 Å². The van der Waals surface area contributed by atoms with Gasteiger partial charge in [-0.3, -0.25) is 0 Å². The second-order valence-electron chi connectivity index (χ2n) is 3.67. The molecule has 0 saturated carbocycles. The third kappa shape index (κ3) is 4.66. The Morgan fingerprint density at radius 2 is 1.57 bits per heavy atom. The summed E-state index contributed by atoms with van der Waals surface area (Å²) >= 11 is 5.61. The van der Waals surface area contributed by atoms with Crippen LogP contribution in [0.3, 0.4) is 0 Å². The predicted molar refractivity (Wildman–Crippen MR) is 63.8 cm³/mol. The van der Waals surface area contributed by atoms with E-state index < -0.39 is 0 Å². The van der Waals surface area contributed by atoms with E-state index in [1.165, 1.54) is 31.2 Å². The van der Waals surface area contributed by atoms with Gasteiger partial charge in [0.25, 0.3) is 0 Å². The van der Waals surface area contributed by atoms with E-state index in [2.05, 4.69) is 31.2 Å². The van der Waals surface area contributed by atoms with Crippen LogP contribution >= 0.6 is 11.6 Å². The van der Waals surface area contributed by atoms with E-state index in [1.807, 2.05) is 0 Å². The highest BCUT2D eigenvalue weighted by molar-refractivity contribution is 6.17. The van der Waals surface area contributed by atoms with Crippen LogP contribution in [0.1, 0.15) is 36.8 Å². The van der Waals surface area contributed by atoms with Crippen molar-refractivity contribution in [2.24, 2.45) is 0 Å². The van der Waals surface area contributed by atoms with Crippen LogP contribution in [0.15, 0.2) is 24.3 Å². The molecule has 1 aromatic rings. The molecule has 1 rings (SSSR count). The monoisotopic (exact) mass is 209 g/mol. The van der Waals surface area contributed by atoms with Crippen LogP contribution in [-0.4, -0.2) is 5.88 Å². The summed E-state index contributed by atoms with van der Waals surface area (Å²) in [5.74, 6) is 0.802. The lowest BCUT2D eigenvalue weighted by molar-refractivity contribution is 0.669. The van der Waals surface area contributed by atoms with Crippen LogP contribution < -0.4 is 0 Å². The molecule has 0 aliphatic carbocycles.